The summed E-state index contributed by atoms with van der Waals surface area (Å²) < 4.78 is 69.9. The van der Waals surface area contributed by atoms with Gasteiger partial charge in [0, 0.05) is 12.6 Å². The molecule has 0 spiro atoms. The van der Waals surface area contributed by atoms with Crippen molar-refractivity contribution in [3.8, 4) is 0 Å². The highest BCUT2D eigenvalue weighted by Gasteiger charge is 2.44. The lowest BCUT2D eigenvalue weighted by Crippen LogP contribution is -2.36. The Morgan fingerprint density at radius 1 is 0.800 bits per heavy atom. The van der Waals surface area contributed by atoms with Gasteiger partial charge in [0.1, 0.15) is 7.85 Å². The Hall–Kier alpha value is 0.315. The van der Waals surface area contributed by atoms with Crippen molar-refractivity contribution >= 4 is 31.3 Å². The molecule has 4 N–H and O–H groups in total. The summed E-state index contributed by atoms with van der Waals surface area (Å²) in [6.07, 6.45) is -0.887. The highest BCUT2D eigenvalue weighted by Crippen LogP contribution is 2.49. The number of ether oxygens (including phenoxy) is 1. The standard InChI is InChI=1S/C17H36BO14P3/c1-17(2,3)16-14(13-15(18)31-16)32-35(24,25)30-12-6-11-29-34(22,23)28-10-5-9-27-33(20,21)26-8-4-7-19/h14-16,19H,4-13H2,1-3H3,(H,20,21)(H,22,23)(H,24,25). The average molecular weight is 568 g/mol. The highest BCUT2D eigenvalue weighted by atomic mass is 31.2. The van der Waals surface area contributed by atoms with Crippen molar-refractivity contribution in [2.45, 2.75) is 64.7 Å². The van der Waals surface area contributed by atoms with Gasteiger partial charge in [-0.15, -0.1) is 0 Å². The lowest BCUT2D eigenvalue weighted by Gasteiger charge is -2.31. The molecule has 6 atom stereocenters. The molecular weight excluding hydrogens is 532 g/mol. The Morgan fingerprint density at radius 3 is 1.60 bits per heavy atom. The molecule has 1 aliphatic rings. The van der Waals surface area contributed by atoms with Crippen LogP contribution in [0.25, 0.3) is 0 Å². The van der Waals surface area contributed by atoms with Crippen LogP contribution in [0.4, 0.5) is 0 Å². The van der Waals surface area contributed by atoms with Crippen LogP contribution < -0.4 is 0 Å². The molecule has 0 saturated carbocycles. The van der Waals surface area contributed by atoms with E-state index in [-0.39, 0.29) is 70.7 Å². The van der Waals surface area contributed by atoms with Crippen LogP contribution in [0.1, 0.15) is 46.5 Å². The van der Waals surface area contributed by atoms with E-state index in [4.69, 9.17) is 35.8 Å². The number of phosphoric acid groups is 3. The molecule has 1 fully saturated rings. The van der Waals surface area contributed by atoms with Gasteiger partial charge in [0.25, 0.3) is 0 Å². The van der Waals surface area contributed by atoms with Gasteiger partial charge >= 0.3 is 23.5 Å². The molecule has 1 saturated heterocycles. The lowest BCUT2D eigenvalue weighted by atomic mass is 9.85. The van der Waals surface area contributed by atoms with Crippen LogP contribution in [0.3, 0.4) is 0 Å². The Bertz CT molecular complexity index is 763. The molecule has 1 heterocycles. The van der Waals surface area contributed by atoms with Crippen LogP contribution in [0.5, 0.6) is 0 Å². The molecule has 0 aromatic carbocycles. The summed E-state index contributed by atoms with van der Waals surface area (Å²) in [5, 5.41) is 8.59. The molecule has 2 radical (unpaired) electrons. The fraction of sp³-hybridized carbons (Fsp3) is 1.00. The number of phosphoric ester groups is 3. The van der Waals surface area contributed by atoms with Gasteiger partial charge < -0.3 is 24.5 Å². The first-order chi connectivity index (χ1) is 16.1. The van der Waals surface area contributed by atoms with Crippen LogP contribution in [0.15, 0.2) is 0 Å². The molecule has 1 aliphatic heterocycles. The second-order valence-corrected chi connectivity index (χ2v) is 13.0. The third-order valence-corrected chi connectivity index (χ3v) is 7.48. The van der Waals surface area contributed by atoms with Crippen LogP contribution in [0.2, 0.25) is 0 Å². The molecule has 14 nitrogen and oxygen atoms in total. The summed E-state index contributed by atoms with van der Waals surface area (Å²) in [5.41, 5.74) is -0.382. The highest BCUT2D eigenvalue weighted by molar-refractivity contribution is 7.47. The minimum absolute atomic E-state index is 0.0138. The summed E-state index contributed by atoms with van der Waals surface area (Å²) in [4.78, 5) is 28.9. The van der Waals surface area contributed by atoms with Crippen LogP contribution in [-0.4, -0.2) is 85.5 Å². The minimum atomic E-state index is -4.44. The molecule has 35 heavy (non-hydrogen) atoms. The van der Waals surface area contributed by atoms with E-state index in [2.05, 4.69) is 9.05 Å². The number of hydrogen-bond acceptors (Lipinski definition) is 11. The van der Waals surface area contributed by atoms with Crippen molar-refractivity contribution in [1.82, 2.24) is 0 Å². The predicted molar refractivity (Wildman–Crippen MR) is 124 cm³/mol. The van der Waals surface area contributed by atoms with E-state index in [9.17, 15) is 28.4 Å². The Morgan fingerprint density at radius 2 is 1.20 bits per heavy atom. The van der Waals surface area contributed by atoms with Gasteiger partial charge in [-0.3, -0.25) is 27.1 Å². The molecule has 6 unspecified atom stereocenters. The van der Waals surface area contributed by atoms with Crippen molar-refractivity contribution < 1.29 is 65.4 Å². The van der Waals surface area contributed by atoms with Crippen LogP contribution >= 0.6 is 23.5 Å². The fourth-order valence-electron chi connectivity index (χ4n) is 2.90. The van der Waals surface area contributed by atoms with Gasteiger partial charge in [-0.05, 0) is 31.1 Å². The Labute approximate surface area is 206 Å². The zero-order chi connectivity index (χ0) is 26.8. The summed E-state index contributed by atoms with van der Waals surface area (Å²) in [7, 11) is -7.38. The first-order valence-electron chi connectivity index (χ1n) is 11.0. The molecule has 0 bridgehead atoms. The number of aliphatic hydroxyl groups is 1. The monoisotopic (exact) mass is 568 g/mol. The lowest BCUT2D eigenvalue weighted by molar-refractivity contribution is -0.0366. The van der Waals surface area contributed by atoms with E-state index in [1.807, 2.05) is 20.8 Å². The zero-order valence-electron chi connectivity index (χ0n) is 20.1. The van der Waals surface area contributed by atoms with Crippen molar-refractivity contribution in [3.63, 3.8) is 0 Å². The molecule has 0 amide bonds. The van der Waals surface area contributed by atoms with Crippen molar-refractivity contribution in [2.75, 3.05) is 39.6 Å². The van der Waals surface area contributed by atoms with Crippen molar-refractivity contribution in [3.05, 3.63) is 0 Å². The molecule has 1 rings (SSSR count). The smallest absolute Gasteiger partial charge is 0.396 e. The number of aliphatic hydroxyl groups excluding tert-OH is 1. The Kier molecular flexibility index (Phi) is 14.3. The topological polar surface area (TPSA) is 197 Å². The van der Waals surface area contributed by atoms with Crippen molar-refractivity contribution in [2.24, 2.45) is 5.41 Å². The SMILES string of the molecule is [B]C1CC(OP(=O)(O)OCCCOP(=O)(O)OCCCOP(=O)(O)OCCCO)C(C(C)(C)C)O1. The summed E-state index contributed by atoms with van der Waals surface area (Å²) in [5.74, 6) is 0. The first kappa shape index (κ1) is 33.3. The third-order valence-electron chi connectivity index (χ3n) is 4.40. The van der Waals surface area contributed by atoms with Gasteiger partial charge in [0.05, 0.1) is 45.2 Å². The summed E-state index contributed by atoms with van der Waals surface area (Å²) >= 11 is 0. The van der Waals surface area contributed by atoms with E-state index >= 15 is 0 Å². The van der Waals surface area contributed by atoms with Gasteiger partial charge in [-0.1, -0.05) is 20.8 Å². The quantitative estimate of drug-likeness (QED) is 0.107. The maximum Gasteiger partial charge on any atom is 0.472 e. The maximum atomic E-state index is 12.2. The van der Waals surface area contributed by atoms with E-state index in [1.165, 1.54) is 0 Å². The average Bonchev–Trinajstić information content (AvgIpc) is 3.07. The van der Waals surface area contributed by atoms with Gasteiger partial charge in [-0.2, -0.15) is 0 Å². The number of hydrogen-bond donors (Lipinski definition) is 4. The van der Waals surface area contributed by atoms with Crippen molar-refractivity contribution in [1.29, 1.82) is 0 Å². The van der Waals surface area contributed by atoms with Crippen LogP contribution in [-0.2, 0) is 45.6 Å². The molecular formula is C17H36BO14P3. The van der Waals surface area contributed by atoms with Gasteiger partial charge in [0.15, 0.2) is 0 Å². The van der Waals surface area contributed by atoms with Gasteiger partial charge in [0.2, 0.25) is 0 Å². The first-order valence-corrected chi connectivity index (χ1v) is 15.5. The second-order valence-electron chi connectivity index (χ2n) is 8.70. The molecule has 0 aromatic rings. The maximum absolute atomic E-state index is 12.2. The van der Waals surface area contributed by atoms with Gasteiger partial charge in [-0.25, -0.2) is 13.7 Å². The van der Waals surface area contributed by atoms with E-state index in [1.54, 1.807) is 0 Å². The normalized spacial score (nSPS) is 26.2. The molecule has 18 heteroatoms. The molecule has 206 valence electrons. The predicted octanol–water partition coefficient (Wildman–Crippen LogP) is 2.25. The van der Waals surface area contributed by atoms with E-state index in [0.717, 1.165) is 0 Å². The fourth-order valence-corrected chi connectivity index (χ4v) is 5.45. The summed E-state index contributed by atoms with van der Waals surface area (Å²) in [6, 6.07) is -0.624. The van der Waals surface area contributed by atoms with E-state index < -0.39 is 41.7 Å². The zero-order valence-corrected chi connectivity index (χ0v) is 22.8. The van der Waals surface area contributed by atoms with Crippen LogP contribution in [0, 0.1) is 5.41 Å². The number of rotatable bonds is 18. The Balaban J connectivity index is 2.23. The minimum Gasteiger partial charge on any atom is -0.396 e. The second kappa shape index (κ2) is 15.0. The molecule has 0 aromatic heterocycles. The van der Waals surface area contributed by atoms with E-state index in [0.29, 0.717) is 0 Å². The summed E-state index contributed by atoms with van der Waals surface area (Å²) in [6.45, 7) is 4.05. The molecule has 0 aliphatic carbocycles. The largest absolute Gasteiger partial charge is 0.472 e. The third kappa shape index (κ3) is 14.7.